The van der Waals surface area contributed by atoms with Gasteiger partial charge in [0.05, 0.1) is 19.3 Å². The summed E-state index contributed by atoms with van der Waals surface area (Å²) in [5, 5.41) is 1.29. The fourth-order valence-corrected chi connectivity index (χ4v) is 2.60. The molecule has 0 bridgehead atoms. The number of hydrogen-bond acceptors (Lipinski definition) is 4. The van der Waals surface area contributed by atoms with Crippen molar-refractivity contribution in [3.8, 4) is 0 Å². The van der Waals surface area contributed by atoms with E-state index >= 15 is 0 Å². The molecule has 0 saturated carbocycles. The largest absolute Gasteiger partial charge is 0.412 e. The van der Waals surface area contributed by atoms with Gasteiger partial charge >= 0.3 is 0 Å². The fourth-order valence-electron chi connectivity index (χ4n) is 1.65. The first-order chi connectivity index (χ1) is 10.0. The van der Waals surface area contributed by atoms with Gasteiger partial charge in [0.1, 0.15) is 0 Å². The summed E-state index contributed by atoms with van der Waals surface area (Å²) in [6.45, 7) is 11.4. The van der Waals surface area contributed by atoms with E-state index < -0.39 is 8.32 Å². The number of anilines is 1. The summed E-state index contributed by atoms with van der Waals surface area (Å²) >= 11 is 0. The highest BCUT2D eigenvalue weighted by Gasteiger charge is 2.37. The van der Waals surface area contributed by atoms with Gasteiger partial charge in [-0.25, -0.2) is 5.06 Å². The number of hydroxylamine groups is 2. The lowest BCUT2D eigenvalue weighted by Crippen LogP contribution is -2.40. The molecule has 1 aromatic carbocycles. The van der Waals surface area contributed by atoms with Crippen molar-refractivity contribution < 1.29 is 14.1 Å². The second-order valence-electron chi connectivity index (χ2n) is 6.91. The third-order valence-corrected chi connectivity index (χ3v) is 8.86. The molecule has 1 aromatic rings. The summed E-state index contributed by atoms with van der Waals surface area (Å²) in [6.07, 6.45) is 0. The Morgan fingerprint density at radius 3 is 2.41 bits per heavy atom. The van der Waals surface area contributed by atoms with Gasteiger partial charge in [0.25, 0.3) is 5.91 Å². The first kappa shape index (κ1) is 18.7. The molecule has 0 aliphatic rings. The molecule has 0 unspecified atom stereocenters. The van der Waals surface area contributed by atoms with E-state index in [4.69, 9.17) is 15.0 Å². The molecule has 0 radical (unpaired) electrons. The Morgan fingerprint density at radius 2 is 1.91 bits per heavy atom. The molecular weight excluding hydrogens is 296 g/mol. The van der Waals surface area contributed by atoms with Crippen molar-refractivity contribution in [1.29, 1.82) is 0 Å². The molecule has 0 fully saturated rings. The maximum absolute atomic E-state index is 12.2. The van der Waals surface area contributed by atoms with Gasteiger partial charge in [0.2, 0.25) is 0 Å². The number of rotatable bonds is 5. The van der Waals surface area contributed by atoms with Crippen molar-refractivity contribution in [3.63, 3.8) is 0 Å². The molecule has 0 aliphatic heterocycles. The number of amides is 1. The monoisotopic (exact) mass is 324 g/mol. The number of carbonyl (C=O) groups excluding carboxylic acids is 1. The smallest absolute Gasteiger partial charge is 0.279 e. The molecule has 1 amide bonds. The summed E-state index contributed by atoms with van der Waals surface area (Å²) in [6, 6.07) is 5.41. The van der Waals surface area contributed by atoms with E-state index in [9.17, 15) is 4.79 Å². The van der Waals surface area contributed by atoms with Crippen molar-refractivity contribution >= 4 is 19.9 Å². The first-order valence-corrected chi connectivity index (χ1v) is 10.3. The van der Waals surface area contributed by atoms with Crippen LogP contribution in [0.15, 0.2) is 18.2 Å². The number of hydrogen-bond donors (Lipinski definition) is 1. The fraction of sp³-hybridized carbons (Fsp3) is 0.562. The quantitative estimate of drug-likeness (QED) is 0.512. The van der Waals surface area contributed by atoms with Crippen molar-refractivity contribution in [2.24, 2.45) is 0 Å². The normalized spacial score (nSPS) is 12.3. The Labute approximate surface area is 134 Å². The molecule has 22 heavy (non-hydrogen) atoms. The lowest BCUT2D eigenvalue weighted by atomic mass is 10.1. The maximum atomic E-state index is 12.2. The standard InChI is InChI=1S/C16H28N2O3Si/c1-16(2,3)22(6,7)21-11-12-9-8-10-13(14(12)17)15(19)18(4)20-5/h8-10H,11,17H2,1-7H3. The van der Waals surface area contributed by atoms with Gasteiger partial charge in [-0.1, -0.05) is 32.9 Å². The SMILES string of the molecule is CON(C)C(=O)c1cccc(CO[Si](C)(C)C(C)(C)C)c1N. The number of nitrogens with zero attached hydrogens (tertiary/aromatic N) is 1. The molecule has 0 aliphatic carbocycles. The number of carbonyl (C=O) groups is 1. The van der Waals surface area contributed by atoms with Gasteiger partial charge in [-0.15, -0.1) is 0 Å². The van der Waals surface area contributed by atoms with Crippen LogP contribution in [-0.4, -0.2) is 33.4 Å². The Kier molecular flexibility index (Phi) is 5.78. The maximum Gasteiger partial charge on any atom is 0.279 e. The van der Waals surface area contributed by atoms with Gasteiger partial charge in [-0.3, -0.25) is 9.63 Å². The summed E-state index contributed by atoms with van der Waals surface area (Å²) in [7, 11) is 1.14. The van der Waals surface area contributed by atoms with Crippen LogP contribution in [0.4, 0.5) is 5.69 Å². The third-order valence-electron chi connectivity index (χ3n) is 4.38. The average molecular weight is 324 g/mol. The molecule has 1 rings (SSSR count). The van der Waals surface area contributed by atoms with Crippen molar-refractivity contribution in [2.75, 3.05) is 19.9 Å². The lowest BCUT2D eigenvalue weighted by Gasteiger charge is -2.36. The lowest BCUT2D eigenvalue weighted by molar-refractivity contribution is -0.0756. The van der Waals surface area contributed by atoms with Crippen LogP contribution in [0, 0.1) is 0 Å². The molecule has 6 heteroatoms. The van der Waals surface area contributed by atoms with E-state index in [0.717, 1.165) is 10.6 Å². The number of para-hydroxylation sites is 1. The van der Waals surface area contributed by atoms with Gasteiger partial charge in [-0.2, -0.15) is 0 Å². The highest BCUT2D eigenvalue weighted by Crippen LogP contribution is 2.37. The predicted octanol–water partition coefficient (Wildman–Crippen LogP) is 3.42. The average Bonchev–Trinajstić information content (AvgIpc) is 2.43. The molecule has 0 spiro atoms. The van der Waals surface area contributed by atoms with E-state index in [2.05, 4.69) is 33.9 Å². The van der Waals surface area contributed by atoms with Crippen LogP contribution in [0.1, 0.15) is 36.7 Å². The van der Waals surface area contributed by atoms with Crippen LogP contribution in [-0.2, 0) is 15.9 Å². The van der Waals surface area contributed by atoms with E-state index in [0.29, 0.717) is 17.9 Å². The number of nitrogen functional groups attached to an aromatic ring is 1. The van der Waals surface area contributed by atoms with Crippen molar-refractivity contribution in [1.82, 2.24) is 5.06 Å². The Hall–Kier alpha value is -1.37. The van der Waals surface area contributed by atoms with Crippen molar-refractivity contribution in [2.45, 2.75) is 45.5 Å². The second-order valence-corrected chi connectivity index (χ2v) is 11.7. The molecule has 2 N–H and O–H groups in total. The second kappa shape index (κ2) is 6.81. The van der Waals surface area contributed by atoms with Gasteiger partial charge in [0, 0.05) is 18.3 Å². The number of benzene rings is 1. The van der Waals surface area contributed by atoms with Gasteiger partial charge in [-0.05, 0) is 24.2 Å². The summed E-state index contributed by atoms with van der Waals surface area (Å²) < 4.78 is 6.19. The highest BCUT2D eigenvalue weighted by atomic mass is 28.4. The minimum atomic E-state index is -1.86. The van der Waals surface area contributed by atoms with Crippen LogP contribution in [0.2, 0.25) is 18.1 Å². The predicted molar refractivity (Wildman–Crippen MR) is 91.9 cm³/mol. The Bertz CT molecular complexity index is 539. The summed E-state index contributed by atoms with van der Waals surface area (Å²) in [4.78, 5) is 17.1. The van der Waals surface area contributed by atoms with E-state index in [1.165, 1.54) is 7.11 Å². The molecule has 124 valence electrons. The van der Waals surface area contributed by atoms with Crippen LogP contribution in [0.25, 0.3) is 0 Å². The zero-order chi connectivity index (χ0) is 17.1. The molecule has 0 atom stereocenters. The molecule has 0 heterocycles. The first-order valence-electron chi connectivity index (χ1n) is 7.34. The van der Waals surface area contributed by atoms with Crippen LogP contribution < -0.4 is 5.73 Å². The van der Waals surface area contributed by atoms with Crippen LogP contribution >= 0.6 is 0 Å². The van der Waals surface area contributed by atoms with E-state index in [-0.39, 0.29) is 10.9 Å². The third kappa shape index (κ3) is 4.09. The Morgan fingerprint density at radius 1 is 1.32 bits per heavy atom. The zero-order valence-corrected chi connectivity index (χ0v) is 15.7. The molecule has 0 saturated heterocycles. The van der Waals surface area contributed by atoms with E-state index in [1.54, 1.807) is 13.1 Å². The highest BCUT2D eigenvalue weighted by molar-refractivity contribution is 6.74. The van der Waals surface area contributed by atoms with E-state index in [1.807, 2.05) is 12.1 Å². The van der Waals surface area contributed by atoms with Gasteiger partial charge in [0.15, 0.2) is 8.32 Å². The van der Waals surface area contributed by atoms with Gasteiger partial charge < -0.3 is 10.2 Å². The van der Waals surface area contributed by atoms with Crippen LogP contribution in [0.5, 0.6) is 0 Å². The molecular formula is C16H28N2O3Si. The summed E-state index contributed by atoms with van der Waals surface area (Å²) in [5.74, 6) is -0.269. The Balaban J connectivity index is 2.97. The molecule has 0 aromatic heterocycles. The van der Waals surface area contributed by atoms with Crippen molar-refractivity contribution in [3.05, 3.63) is 29.3 Å². The topological polar surface area (TPSA) is 64.8 Å². The van der Waals surface area contributed by atoms with Crippen LogP contribution in [0.3, 0.4) is 0 Å². The number of nitrogens with two attached hydrogens (primary N) is 1. The summed E-state index contributed by atoms with van der Waals surface area (Å²) in [5.41, 5.74) is 7.87. The molecule has 5 nitrogen and oxygen atoms in total. The zero-order valence-electron chi connectivity index (χ0n) is 14.7. The minimum Gasteiger partial charge on any atom is -0.412 e. The minimum absolute atomic E-state index is 0.130.